The van der Waals surface area contributed by atoms with Crippen LogP contribution in [0, 0.1) is 18.4 Å². The van der Waals surface area contributed by atoms with Crippen LogP contribution in [0.25, 0.3) is 11.3 Å². The molecule has 0 spiro atoms. The summed E-state index contributed by atoms with van der Waals surface area (Å²) in [5, 5.41) is 10.6. The average molecular weight is 226 g/mol. The lowest BCUT2D eigenvalue weighted by atomic mass is 10.2. The minimum Gasteiger partial charge on any atom is -0.441 e. The minimum absolute atomic E-state index is 0.639. The second kappa shape index (κ2) is 4.94. The molecule has 5 heteroatoms. The highest BCUT2D eigenvalue weighted by Crippen LogP contribution is 2.22. The van der Waals surface area contributed by atoms with Crippen molar-refractivity contribution in [2.45, 2.75) is 6.92 Å². The fourth-order valence-electron chi connectivity index (χ4n) is 1.34. The van der Waals surface area contributed by atoms with Crippen molar-refractivity contribution in [2.75, 3.05) is 0 Å². The zero-order valence-corrected chi connectivity index (χ0v) is 9.21. The fraction of sp³-hybridized carbons (Fsp3) is 0.0833. The normalized spacial score (nSPS) is 10.4. The van der Waals surface area contributed by atoms with Gasteiger partial charge >= 0.3 is 0 Å². The van der Waals surface area contributed by atoms with E-state index in [1.54, 1.807) is 19.3 Å². The summed E-state index contributed by atoms with van der Waals surface area (Å²) in [5.74, 6) is 1.37. The summed E-state index contributed by atoms with van der Waals surface area (Å²) in [6, 6.07) is 7.45. The van der Waals surface area contributed by atoms with E-state index in [-0.39, 0.29) is 0 Å². The third-order valence-electron chi connectivity index (χ3n) is 2.12. The van der Waals surface area contributed by atoms with Crippen molar-refractivity contribution in [3.8, 4) is 17.5 Å². The van der Waals surface area contributed by atoms with Gasteiger partial charge in [0, 0.05) is 12.5 Å². The molecule has 0 aliphatic heterocycles. The van der Waals surface area contributed by atoms with Crippen molar-refractivity contribution in [3.63, 3.8) is 0 Å². The van der Waals surface area contributed by atoms with Crippen LogP contribution < -0.4 is 5.32 Å². The minimum atomic E-state index is 0.639. The topological polar surface area (TPSA) is 74.2 Å². The zero-order chi connectivity index (χ0) is 12.1. The van der Waals surface area contributed by atoms with Gasteiger partial charge < -0.3 is 4.42 Å². The van der Waals surface area contributed by atoms with E-state index >= 15 is 0 Å². The maximum atomic E-state index is 8.27. The van der Waals surface area contributed by atoms with Crippen LogP contribution in [0.1, 0.15) is 5.89 Å². The van der Waals surface area contributed by atoms with Gasteiger partial charge in [-0.25, -0.2) is 9.98 Å². The van der Waals surface area contributed by atoms with Crippen LogP contribution in [0.4, 0.5) is 5.69 Å². The van der Waals surface area contributed by atoms with Crippen LogP contribution >= 0.6 is 0 Å². The van der Waals surface area contributed by atoms with Crippen molar-refractivity contribution in [1.29, 1.82) is 5.26 Å². The number of nitriles is 1. The summed E-state index contributed by atoms with van der Waals surface area (Å²) in [6.45, 7) is 1.80. The molecule has 1 aromatic heterocycles. The molecule has 1 N–H and O–H groups in total. The largest absolute Gasteiger partial charge is 0.441 e. The van der Waals surface area contributed by atoms with E-state index in [0.717, 1.165) is 17.0 Å². The molecule has 1 aromatic carbocycles. The quantitative estimate of drug-likeness (QED) is 0.377. The van der Waals surface area contributed by atoms with Gasteiger partial charge in [-0.1, -0.05) is 0 Å². The number of benzene rings is 1. The number of hydrogen-bond donors (Lipinski definition) is 1. The Morgan fingerprint density at radius 3 is 2.76 bits per heavy atom. The summed E-state index contributed by atoms with van der Waals surface area (Å²) in [5.41, 5.74) is 1.70. The molecule has 1 heterocycles. The van der Waals surface area contributed by atoms with E-state index in [4.69, 9.17) is 9.68 Å². The van der Waals surface area contributed by atoms with E-state index in [9.17, 15) is 0 Å². The van der Waals surface area contributed by atoms with Gasteiger partial charge in [-0.3, -0.25) is 5.32 Å². The number of hydrogen-bond acceptors (Lipinski definition) is 4. The lowest BCUT2D eigenvalue weighted by molar-refractivity contribution is 0.534. The first-order valence-corrected chi connectivity index (χ1v) is 4.99. The van der Waals surface area contributed by atoms with Crippen LogP contribution in [-0.2, 0) is 0 Å². The third-order valence-corrected chi connectivity index (χ3v) is 2.12. The van der Waals surface area contributed by atoms with E-state index in [2.05, 4.69) is 15.3 Å². The van der Waals surface area contributed by atoms with Gasteiger partial charge in [0.2, 0.25) is 0 Å². The number of aromatic nitrogens is 1. The molecule has 0 amide bonds. The van der Waals surface area contributed by atoms with Crippen LogP contribution in [0.15, 0.2) is 39.9 Å². The van der Waals surface area contributed by atoms with E-state index in [1.807, 2.05) is 24.3 Å². The second-order valence-corrected chi connectivity index (χ2v) is 3.30. The third kappa shape index (κ3) is 2.69. The highest BCUT2D eigenvalue weighted by Gasteiger charge is 2.02. The van der Waals surface area contributed by atoms with Crippen molar-refractivity contribution in [1.82, 2.24) is 10.3 Å². The predicted octanol–water partition coefficient (Wildman–Crippen LogP) is 2.38. The fourth-order valence-corrected chi connectivity index (χ4v) is 1.34. The maximum Gasteiger partial charge on any atom is 0.191 e. The SMILES string of the molecule is Cc1ncc(-c2ccc(N=CNC#N)cc2)o1. The molecule has 17 heavy (non-hydrogen) atoms. The van der Waals surface area contributed by atoms with Gasteiger partial charge in [0.05, 0.1) is 11.9 Å². The standard InChI is InChI=1S/C12H10N4O/c1-9-15-6-12(17-9)10-2-4-11(5-3-10)16-8-14-7-13/h2-6,8H,1H3,(H,14,16). The van der Waals surface area contributed by atoms with Gasteiger partial charge in [-0.15, -0.1) is 0 Å². The summed E-state index contributed by atoms with van der Waals surface area (Å²) in [4.78, 5) is 8.06. The Morgan fingerprint density at radius 2 is 2.18 bits per heavy atom. The first-order chi connectivity index (χ1) is 8.29. The molecule has 0 fully saturated rings. The highest BCUT2D eigenvalue weighted by molar-refractivity contribution is 5.65. The lowest BCUT2D eigenvalue weighted by Gasteiger charge is -1.96. The molecule has 2 aromatic rings. The van der Waals surface area contributed by atoms with Crippen LogP contribution in [0.2, 0.25) is 0 Å². The van der Waals surface area contributed by atoms with Crippen molar-refractivity contribution < 1.29 is 4.42 Å². The summed E-state index contributed by atoms with van der Waals surface area (Å²) < 4.78 is 5.40. The Balaban J connectivity index is 2.16. The van der Waals surface area contributed by atoms with E-state index in [0.29, 0.717) is 5.89 Å². The zero-order valence-electron chi connectivity index (χ0n) is 9.21. The molecule has 84 valence electrons. The van der Waals surface area contributed by atoms with E-state index < -0.39 is 0 Å². The molecule has 0 saturated heterocycles. The Kier molecular flexibility index (Phi) is 3.17. The predicted molar refractivity (Wildman–Crippen MR) is 63.6 cm³/mol. The highest BCUT2D eigenvalue weighted by atomic mass is 16.4. The smallest absolute Gasteiger partial charge is 0.191 e. The molecule has 0 aliphatic rings. The molecule has 0 bridgehead atoms. The van der Waals surface area contributed by atoms with Crippen LogP contribution in [0.3, 0.4) is 0 Å². The Hall–Kier alpha value is -2.61. The summed E-state index contributed by atoms with van der Waals surface area (Å²) in [6.07, 6.45) is 4.78. The molecule has 2 rings (SSSR count). The van der Waals surface area contributed by atoms with Crippen molar-refractivity contribution >= 4 is 12.0 Å². The van der Waals surface area contributed by atoms with E-state index in [1.165, 1.54) is 6.34 Å². The molecule has 0 atom stereocenters. The Morgan fingerprint density at radius 1 is 1.41 bits per heavy atom. The van der Waals surface area contributed by atoms with Gasteiger partial charge in [0.1, 0.15) is 6.34 Å². The molecule has 0 aliphatic carbocycles. The number of aliphatic imine (C=N–C) groups is 1. The van der Waals surface area contributed by atoms with Crippen molar-refractivity contribution in [2.24, 2.45) is 4.99 Å². The maximum absolute atomic E-state index is 8.27. The van der Waals surface area contributed by atoms with Gasteiger partial charge in [-0.05, 0) is 24.3 Å². The van der Waals surface area contributed by atoms with Crippen LogP contribution in [-0.4, -0.2) is 11.3 Å². The second-order valence-electron chi connectivity index (χ2n) is 3.30. The number of rotatable bonds is 3. The summed E-state index contributed by atoms with van der Waals surface area (Å²) in [7, 11) is 0. The molecule has 0 saturated carbocycles. The van der Waals surface area contributed by atoms with Crippen LogP contribution in [0.5, 0.6) is 0 Å². The Bertz CT molecular complexity index is 563. The molecular weight excluding hydrogens is 216 g/mol. The Labute approximate surface area is 98.4 Å². The number of aryl methyl sites for hydroxylation is 1. The van der Waals surface area contributed by atoms with Gasteiger partial charge in [0.25, 0.3) is 0 Å². The monoisotopic (exact) mass is 226 g/mol. The van der Waals surface area contributed by atoms with Gasteiger partial charge in [0.15, 0.2) is 17.8 Å². The number of nitrogens with zero attached hydrogens (tertiary/aromatic N) is 3. The lowest BCUT2D eigenvalue weighted by Crippen LogP contribution is -1.98. The average Bonchev–Trinajstić information content (AvgIpc) is 2.77. The first-order valence-electron chi connectivity index (χ1n) is 4.99. The molecule has 0 unspecified atom stereocenters. The number of oxazole rings is 1. The first kappa shape index (κ1) is 10.9. The molecule has 5 nitrogen and oxygen atoms in total. The number of nitrogens with one attached hydrogen (secondary N) is 1. The van der Waals surface area contributed by atoms with Crippen molar-refractivity contribution in [3.05, 3.63) is 36.4 Å². The molecular formula is C12H10N4O. The molecule has 0 radical (unpaired) electrons. The summed E-state index contributed by atoms with van der Waals surface area (Å²) >= 11 is 0. The van der Waals surface area contributed by atoms with Gasteiger partial charge in [-0.2, -0.15) is 5.26 Å².